The lowest BCUT2D eigenvalue weighted by atomic mass is 10.0. The van der Waals surface area contributed by atoms with Gasteiger partial charge in [0.2, 0.25) is 0 Å². The van der Waals surface area contributed by atoms with Gasteiger partial charge in [-0.3, -0.25) is 18.6 Å². The van der Waals surface area contributed by atoms with Crippen LogP contribution in [-0.2, 0) is 32.7 Å². The van der Waals surface area contributed by atoms with Gasteiger partial charge in [0.05, 0.1) is 13.2 Å². The highest BCUT2D eigenvalue weighted by Crippen LogP contribution is 2.43. The molecule has 0 aliphatic heterocycles. The summed E-state index contributed by atoms with van der Waals surface area (Å²) >= 11 is 0. The van der Waals surface area contributed by atoms with Crippen LogP contribution in [0.3, 0.4) is 0 Å². The molecule has 0 amide bonds. The molecule has 0 heterocycles. The zero-order valence-corrected chi connectivity index (χ0v) is 51.5. The first-order chi connectivity index (χ1) is 38.8. The first kappa shape index (κ1) is 75.4. The summed E-state index contributed by atoms with van der Waals surface area (Å²) in [5, 5.41) is 0. The number of rotatable bonds is 59. The lowest BCUT2D eigenvalue weighted by Crippen LogP contribution is -2.29. The standard InChI is InChI=1S/C69H118NO8P/c1-3-5-7-9-11-13-15-17-19-21-23-25-27-29-31-32-33-34-36-38-40-42-44-46-48-50-52-54-56-58-60-62-69(72)78-67(66-77-79(73,74)76-64-63-70)65-75-68(71)61-59-57-55-53-51-49-47-45-43-41-39-37-35-30-28-26-24-22-20-18-16-14-12-10-8-6-4-2/h5,7,11,13,16-19,22-25,28-31,33-34,38,40,67H,3-4,6,8-10,12,14-15,20-21,26-27,32,35-37,39,41-66,70H2,1-2H3,(H,73,74)/b7-5-,13-11-,18-16-,19-17-,24-22-,25-23-,30-28-,31-29-,34-33-,40-38-. The molecular weight excluding hydrogens is 1000 g/mol. The minimum absolute atomic E-state index is 0.0466. The number of carbonyl (C=O) groups excluding carboxylic acids is 2. The maximum Gasteiger partial charge on any atom is 0.472 e. The van der Waals surface area contributed by atoms with E-state index < -0.39 is 26.5 Å². The normalized spacial score (nSPS) is 13.8. The van der Waals surface area contributed by atoms with Crippen LogP contribution in [0.1, 0.15) is 271 Å². The number of ether oxygens (including phenoxy) is 2. The summed E-state index contributed by atoms with van der Waals surface area (Å²) in [6.07, 6.45) is 88.3. The summed E-state index contributed by atoms with van der Waals surface area (Å²) in [6.45, 7) is 3.62. The van der Waals surface area contributed by atoms with E-state index >= 15 is 0 Å². The molecule has 0 rings (SSSR count). The molecule has 9 nitrogen and oxygen atoms in total. The van der Waals surface area contributed by atoms with Gasteiger partial charge in [-0.15, -0.1) is 0 Å². The van der Waals surface area contributed by atoms with Crippen molar-refractivity contribution in [2.24, 2.45) is 5.73 Å². The third kappa shape index (κ3) is 63.5. The van der Waals surface area contributed by atoms with E-state index in [-0.39, 0.29) is 38.6 Å². The van der Waals surface area contributed by atoms with Crippen molar-refractivity contribution in [3.63, 3.8) is 0 Å². The lowest BCUT2D eigenvalue weighted by Gasteiger charge is -2.19. The van der Waals surface area contributed by atoms with Gasteiger partial charge in [0, 0.05) is 19.4 Å². The Labute approximate surface area is 485 Å². The summed E-state index contributed by atoms with van der Waals surface area (Å²) in [5.41, 5.74) is 5.39. The van der Waals surface area contributed by atoms with Gasteiger partial charge in [-0.05, 0) is 109 Å². The number of esters is 2. The third-order valence-corrected chi connectivity index (χ3v) is 14.3. The molecule has 452 valence electrons. The van der Waals surface area contributed by atoms with E-state index in [9.17, 15) is 19.0 Å². The second-order valence-corrected chi connectivity index (χ2v) is 22.3. The highest BCUT2D eigenvalue weighted by molar-refractivity contribution is 7.47. The number of allylic oxidation sites excluding steroid dienone is 20. The molecule has 0 saturated heterocycles. The first-order valence-corrected chi connectivity index (χ1v) is 33.5. The lowest BCUT2D eigenvalue weighted by molar-refractivity contribution is -0.161. The maximum absolute atomic E-state index is 12.7. The van der Waals surface area contributed by atoms with Gasteiger partial charge in [-0.2, -0.15) is 0 Å². The van der Waals surface area contributed by atoms with Crippen LogP contribution in [0.2, 0.25) is 0 Å². The average Bonchev–Trinajstić information content (AvgIpc) is 3.44. The second-order valence-electron chi connectivity index (χ2n) is 20.9. The molecule has 2 atom stereocenters. The molecule has 0 spiro atoms. The van der Waals surface area contributed by atoms with Crippen LogP contribution in [0.15, 0.2) is 122 Å². The van der Waals surface area contributed by atoms with E-state index in [1.165, 1.54) is 135 Å². The Morgan fingerprint density at radius 2 is 0.696 bits per heavy atom. The van der Waals surface area contributed by atoms with E-state index in [2.05, 4.69) is 135 Å². The van der Waals surface area contributed by atoms with Crippen molar-refractivity contribution in [1.82, 2.24) is 0 Å². The van der Waals surface area contributed by atoms with Gasteiger partial charge in [-0.25, -0.2) is 4.57 Å². The van der Waals surface area contributed by atoms with E-state index in [0.29, 0.717) is 6.42 Å². The molecule has 0 aliphatic carbocycles. The van der Waals surface area contributed by atoms with Crippen molar-refractivity contribution in [2.75, 3.05) is 26.4 Å². The molecule has 0 aromatic heterocycles. The van der Waals surface area contributed by atoms with Crippen molar-refractivity contribution in [2.45, 2.75) is 277 Å². The Balaban J connectivity index is 3.99. The van der Waals surface area contributed by atoms with Gasteiger partial charge in [0.1, 0.15) is 6.61 Å². The zero-order chi connectivity index (χ0) is 57.3. The molecule has 0 saturated carbocycles. The maximum atomic E-state index is 12.7. The topological polar surface area (TPSA) is 134 Å². The van der Waals surface area contributed by atoms with Crippen molar-refractivity contribution >= 4 is 19.8 Å². The minimum Gasteiger partial charge on any atom is -0.462 e. The fourth-order valence-electron chi connectivity index (χ4n) is 8.62. The molecule has 3 N–H and O–H groups in total. The molecule has 0 aliphatic rings. The molecule has 0 radical (unpaired) electrons. The molecule has 0 aromatic rings. The number of carbonyl (C=O) groups is 2. The van der Waals surface area contributed by atoms with Crippen LogP contribution < -0.4 is 5.73 Å². The van der Waals surface area contributed by atoms with Crippen LogP contribution in [0.4, 0.5) is 0 Å². The Bertz CT molecular complexity index is 1710. The SMILES string of the molecule is CC/C=C\C/C=C\C/C=C\C/C=C\C/C=C\C/C=C\C/C=C\CCCCCCCCCCCC(=O)OC(COC(=O)CCCCCCCCCCCCCC/C=C\C/C=C\C/C=C\CCCCCCC)COP(=O)(O)OCCN. The van der Waals surface area contributed by atoms with Crippen molar-refractivity contribution < 1.29 is 37.6 Å². The highest BCUT2D eigenvalue weighted by Gasteiger charge is 2.26. The molecule has 0 bridgehead atoms. The van der Waals surface area contributed by atoms with Gasteiger partial charge in [0.25, 0.3) is 0 Å². The van der Waals surface area contributed by atoms with E-state index in [1.54, 1.807) is 0 Å². The van der Waals surface area contributed by atoms with Gasteiger partial charge < -0.3 is 20.1 Å². The van der Waals surface area contributed by atoms with Crippen molar-refractivity contribution in [1.29, 1.82) is 0 Å². The summed E-state index contributed by atoms with van der Waals surface area (Å²) in [7, 11) is -4.40. The van der Waals surface area contributed by atoms with Crippen LogP contribution in [-0.4, -0.2) is 49.3 Å². The van der Waals surface area contributed by atoms with E-state index in [4.69, 9.17) is 24.3 Å². The minimum atomic E-state index is -4.40. The first-order valence-electron chi connectivity index (χ1n) is 32.0. The second kappa shape index (κ2) is 63.6. The third-order valence-electron chi connectivity index (χ3n) is 13.3. The number of phosphoric ester groups is 1. The Morgan fingerprint density at radius 1 is 0.392 bits per heavy atom. The smallest absolute Gasteiger partial charge is 0.462 e. The number of unbranched alkanes of at least 4 members (excludes halogenated alkanes) is 26. The molecule has 0 aromatic carbocycles. The van der Waals surface area contributed by atoms with Gasteiger partial charge in [0.15, 0.2) is 6.10 Å². The number of hydrogen-bond donors (Lipinski definition) is 2. The number of phosphoric acid groups is 1. The Hall–Kier alpha value is -3.59. The summed E-state index contributed by atoms with van der Waals surface area (Å²) in [4.78, 5) is 35.3. The van der Waals surface area contributed by atoms with Crippen LogP contribution in [0.5, 0.6) is 0 Å². The largest absolute Gasteiger partial charge is 0.472 e. The summed E-state index contributed by atoms with van der Waals surface area (Å²) in [5.74, 6) is -0.838. The zero-order valence-electron chi connectivity index (χ0n) is 50.6. The predicted octanol–water partition coefficient (Wildman–Crippen LogP) is 20.7. The molecule has 0 fully saturated rings. The average molecular weight is 1120 g/mol. The molecular formula is C69H118NO8P. The van der Waals surface area contributed by atoms with Crippen LogP contribution in [0, 0.1) is 0 Å². The van der Waals surface area contributed by atoms with Crippen LogP contribution >= 0.6 is 7.82 Å². The molecule has 79 heavy (non-hydrogen) atoms. The quantitative estimate of drug-likeness (QED) is 0.0264. The summed E-state index contributed by atoms with van der Waals surface area (Å²) < 4.78 is 33.1. The van der Waals surface area contributed by atoms with Crippen LogP contribution in [0.25, 0.3) is 0 Å². The Kier molecular flexibility index (Phi) is 60.7. The van der Waals surface area contributed by atoms with E-state index in [1.807, 2.05) is 0 Å². The van der Waals surface area contributed by atoms with Crippen molar-refractivity contribution in [3.05, 3.63) is 122 Å². The highest BCUT2D eigenvalue weighted by atomic mass is 31.2. The predicted molar refractivity (Wildman–Crippen MR) is 339 cm³/mol. The monoisotopic (exact) mass is 1120 g/mol. The van der Waals surface area contributed by atoms with Gasteiger partial charge >= 0.3 is 19.8 Å². The van der Waals surface area contributed by atoms with E-state index in [0.717, 1.165) is 103 Å². The van der Waals surface area contributed by atoms with Gasteiger partial charge in [-0.1, -0.05) is 270 Å². The number of hydrogen-bond acceptors (Lipinski definition) is 8. The Morgan fingerprint density at radius 3 is 1.04 bits per heavy atom. The molecule has 10 heteroatoms. The number of nitrogens with two attached hydrogens (primary N) is 1. The van der Waals surface area contributed by atoms with Crippen molar-refractivity contribution in [3.8, 4) is 0 Å². The fraction of sp³-hybridized carbons (Fsp3) is 0.681. The fourth-order valence-corrected chi connectivity index (χ4v) is 9.39. The molecule has 2 unspecified atom stereocenters. The summed E-state index contributed by atoms with van der Waals surface area (Å²) in [6, 6.07) is 0.